The number of likely N-dealkylation sites (tertiary alicyclic amines) is 1. The van der Waals surface area contributed by atoms with Gasteiger partial charge in [-0.05, 0) is 61.9 Å². The fourth-order valence-electron chi connectivity index (χ4n) is 4.28. The molecule has 1 aromatic heterocycles. The van der Waals surface area contributed by atoms with Gasteiger partial charge >= 0.3 is 0 Å². The van der Waals surface area contributed by atoms with E-state index in [0.29, 0.717) is 10.5 Å². The van der Waals surface area contributed by atoms with Crippen LogP contribution in [0.25, 0.3) is 5.69 Å². The van der Waals surface area contributed by atoms with Gasteiger partial charge in [-0.1, -0.05) is 18.2 Å². The predicted octanol–water partition coefficient (Wildman–Crippen LogP) is 3.81. The van der Waals surface area contributed by atoms with E-state index in [1.807, 2.05) is 39.8 Å². The lowest BCUT2D eigenvalue weighted by atomic mass is 9.80. The molecule has 4 rings (SSSR count). The second-order valence-electron chi connectivity index (χ2n) is 7.23. The van der Waals surface area contributed by atoms with Crippen molar-refractivity contribution in [1.82, 2.24) is 14.5 Å². The maximum absolute atomic E-state index is 13.1. The molecule has 6 heteroatoms. The van der Waals surface area contributed by atoms with E-state index in [1.165, 1.54) is 12.8 Å². The van der Waals surface area contributed by atoms with Crippen molar-refractivity contribution in [3.8, 4) is 5.69 Å². The van der Waals surface area contributed by atoms with Gasteiger partial charge in [-0.2, -0.15) is 0 Å². The van der Waals surface area contributed by atoms with Crippen LogP contribution in [0.3, 0.4) is 0 Å². The zero-order chi connectivity index (χ0) is 17.9. The second kappa shape index (κ2) is 7.76. The Morgan fingerprint density at radius 3 is 2.38 bits per heavy atom. The number of ether oxygens (including phenoxy) is 1. The fraction of sp³-hybridized carbons (Fsp3) is 0.500. The maximum atomic E-state index is 13.1. The highest BCUT2D eigenvalue weighted by molar-refractivity contribution is 7.71. The SMILES string of the molecule is O=C(c1c[nH]c(=S)n1-c1ccccc1)N1CCC(C2CCOCC2)CC1. The third kappa shape index (κ3) is 3.48. The van der Waals surface area contributed by atoms with Crippen molar-refractivity contribution in [2.75, 3.05) is 26.3 Å². The summed E-state index contributed by atoms with van der Waals surface area (Å²) in [6, 6.07) is 9.81. The van der Waals surface area contributed by atoms with E-state index in [1.54, 1.807) is 6.20 Å². The van der Waals surface area contributed by atoms with E-state index in [0.717, 1.165) is 56.7 Å². The third-order valence-corrected chi connectivity index (χ3v) is 6.07. The van der Waals surface area contributed by atoms with Crippen molar-refractivity contribution in [1.29, 1.82) is 0 Å². The Balaban J connectivity index is 1.47. The minimum absolute atomic E-state index is 0.0617. The van der Waals surface area contributed by atoms with Crippen molar-refractivity contribution in [3.05, 3.63) is 47.0 Å². The van der Waals surface area contributed by atoms with Gasteiger partial charge in [-0.25, -0.2) is 0 Å². The van der Waals surface area contributed by atoms with Crippen molar-refractivity contribution in [3.63, 3.8) is 0 Å². The van der Waals surface area contributed by atoms with Gasteiger partial charge < -0.3 is 14.6 Å². The first-order valence-electron chi connectivity index (χ1n) is 9.47. The first kappa shape index (κ1) is 17.5. The smallest absolute Gasteiger partial charge is 0.272 e. The number of carbonyl (C=O) groups excluding carboxylic acids is 1. The Kier molecular flexibility index (Phi) is 5.22. The van der Waals surface area contributed by atoms with E-state index < -0.39 is 0 Å². The summed E-state index contributed by atoms with van der Waals surface area (Å²) < 4.78 is 7.87. The molecule has 0 spiro atoms. The highest BCUT2D eigenvalue weighted by Gasteiger charge is 2.30. The monoisotopic (exact) mass is 371 g/mol. The number of hydrogen-bond donors (Lipinski definition) is 1. The summed E-state index contributed by atoms with van der Waals surface area (Å²) in [6.45, 7) is 3.44. The van der Waals surface area contributed by atoms with E-state index >= 15 is 0 Å². The zero-order valence-corrected chi connectivity index (χ0v) is 15.7. The lowest BCUT2D eigenvalue weighted by Gasteiger charge is -2.37. The van der Waals surface area contributed by atoms with Gasteiger partial charge in [-0.15, -0.1) is 0 Å². The summed E-state index contributed by atoms with van der Waals surface area (Å²) in [5.74, 6) is 1.55. The number of imidazole rings is 1. The molecule has 138 valence electrons. The topological polar surface area (TPSA) is 50.3 Å². The first-order valence-corrected chi connectivity index (χ1v) is 9.88. The largest absolute Gasteiger partial charge is 0.381 e. The highest BCUT2D eigenvalue weighted by atomic mass is 32.1. The first-order chi connectivity index (χ1) is 12.7. The van der Waals surface area contributed by atoms with Crippen LogP contribution < -0.4 is 0 Å². The molecule has 0 saturated carbocycles. The van der Waals surface area contributed by atoms with Crippen molar-refractivity contribution >= 4 is 18.1 Å². The van der Waals surface area contributed by atoms with E-state index in [4.69, 9.17) is 17.0 Å². The van der Waals surface area contributed by atoms with Crippen LogP contribution in [0.1, 0.15) is 36.2 Å². The number of aromatic nitrogens is 2. The minimum atomic E-state index is 0.0617. The Hall–Kier alpha value is -1.92. The molecule has 0 bridgehead atoms. The number of amides is 1. The standard InChI is InChI=1S/C20H25N3O2S/c24-19(18-14-21-20(26)23(18)17-4-2-1-3-5-17)22-10-6-15(7-11-22)16-8-12-25-13-9-16/h1-5,14-16H,6-13H2,(H,21,26). The van der Waals surface area contributed by atoms with E-state index in [2.05, 4.69) is 4.98 Å². The Morgan fingerprint density at radius 1 is 1.04 bits per heavy atom. The van der Waals surface area contributed by atoms with Gasteiger partial charge in [0.1, 0.15) is 5.69 Å². The van der Waals surface area contributed by atoms with Crippen LogP contribution in [0.2, 0.25) is 0 Å². The molecule has 0 radical (unpaired) electrons. The van der Waals surface area contributed by atoms with Crippen LogP contribution in [0.5, 0.6) is 0 Å². The lowest BCUT2D eigenvalue weighted by molar-refractivity contribution is 0.0286. The van der Waals surface area contributed by atoms with Crippen LogP contribution in [0, 0.1) is 16.6 Å². The summed E-state index contributed by atoms with van der Waals surface area (Å²) in [5.41, 5.74) is 1.53. The molecular formula is C20H25N3O2S. The number of carbonyl (C=O) groups is 1. The van der Waals surface area contributed by atoms with Gasteiger partial charge in [0.25, 0.3) is 5.91 Å². The number of piperidine rings is 1. The number of nitrogens with zero attached hydrogens (tertiary/aromatic N) is 2. The number of para-hydroxylation sites is 1. The molecule has 1 amide bonds. The van der Waals surface area contributed by atoms with E-state index in [9.17, 15) is 4.79 Å². The van der Waals surface area contributed by atoms with Crippen molar-refractivity contribution in [2.45, 2.75) is 25.7 Å². The normalized spacial score (nSPS) is 19.6. The molecule has 1 aromatic carbocycles. The number of aromatic amines is 1. The number of benzene rings is 1. The summed E-state index contributed by atoms with van der Waals surface area (Å²) >= 11 is 5.40. The van der Waals surface area contributed by atoms with Gasteiger partial charge in [0.05, 0.1) is 0 Å². The van der Waals surface area contributed by atoms with Crippen LogP contribution in [0.15, 0.2) is 36.5 Å². The second-order valence-corrected chi connectivity index (χ2v) is 7.62. The Labute approximate surface area is 159 Å². The molecule has 26 heavy (non-hydrogen) atoms. The zero-order valence-electron chi connectivity index (χ0n) is 14.9. The summed E-state index contributed by atoms with van der Waals surface area (Å²) in [6.07, 6.45) is 6.26. The highest BCUT2D eigenvalue weighted by Crippen LogP contribution is 2.32. The molecule has 1 N–H and O–H groups in total. The van der Waals surface area contributed by atoms with Crippen LogP contribution in [-0.4, -0.2) is 46.7 Å². The van der Waals surface area contributed by atoms with Gasteiger partial charge in [-0.3, -0.25) is 9.36 Å². The quantitative estimate of drug-likeness (QED) is 0.835. The molecule has 0 unspecified atom stereocenters. The van der Waals surface area contributed by atoms with Crippen molar-refractivity contribution in [2.24, 2.45) is 11.8 Å². The molecule has 0 atom stereocenters. The molecule has 0 aliphatic carbocycles. The molecule has 2 aromatic rings. The van der Waals surface area contributed by atoms with Crippen LogP contribution >= 0.6 is 12.2 Å². The lowest BCUT2D eigenvalue weighted by Crippen LogP contribution is -2.41. The third-order valence-electron chi connectivity index (χ3n) is 5.77. The molecule has 5 nitrogen and oxygen atoms in total. The average molecular weight is 372 g/mol. The summed E-state index contributed by atoms with van der Waals surface area (Å²) in [4.78, 5) is 18.1. The minimum Gasteiger partial charge on any atom is -0.381 e. The summed E-state index contributed by atoms with van der Waals surface area (Å²) in [7, 11) is 0. The van der Waals surface area contributed by atoms with Gasteiger partial charge in [0.2, 0.25) is 0 Å². The van der Waals surface area contributed by atoms with E-state index in [-0.39, 0.29) is 5.91 Å². The molecule has 2 aliphatic heterocycles. The molecule has 2 saturated heterocycles. The molecule has 3 heterocycles. The Morgan fingerprint density at radius 2 is 1.69 bits per heavy atom. The van der Waals surface area contributed by atoms with Crippen LogP contribution in [0.4, 0.5) is 0 Å². The number of nitrogens with one attached hydrogen (secondary N) is 1. The number of hydrogen-bond acceptors (Lipinski definition) is 3. The van der Waals surface area contributed by atoms with Gasteiger partial charge in [0, 0.05) is 38.2 Å². The number of rotatable bonds is 3. The average Bonchev–Trinajstić information content (AvgIpc) is 3.10. The predicted molar refractivity (Wildman–Crippen MR) is 103 cm³/mol. The fourth-order valence-corrected chi connectivity index (χ4v) is 4.55. The molecular weight excluding hydrogens is 346 g/mol. The summed E-state index contributed by atoms with van der Waals surface area (Å²) in [5, 5.41) is 0. The van der Waals surface area contributed by atoms with Crippen molar-refractivity contribution < 1.29 is 9.53 Å². The van der Waals surface area contributed by atoms with Gasteiger partial charge in [0.15, 0.2) is 4.77 Å². The molecule has 2 aliphatic rings. The maximum Gasteiger partial charge on any atom is 0.272 e. The van der Waals surface area contributed by atoms with Crippen LogP contribution in [-0.2, 0) is 4.74 Å². The number of H-pyrrole nitrogens is 1. The Bertz CT molecular complexity index is 800. The molecule has 2 fully saturated rings.